The number of benzene rings is 5. The molecule has 7 aromatic rings. The lowest BCUT2D eigenvalue weighted by atomic mass is 10.3. The molecule has 0 unspecified atom stereocenters. The Morgan fingerprint density at radius 2 is 0.667 bits per heavy atom. The van der Waals surface area contributed by atoms with Gasteiger partial charge in [0.2, 0.25) is 35.7 Å². The van der Waals surface area contributed by atoms with Crippen molar-refractivity contribution < 1.29 is 20.4 Å². The van der Waals surface area contributed by atoms with E-state index in [1.165, 1.54) is 24.3 Å². The van der Waals surface area contributed by atoms with Gasteiger partial charge < -0.3 is 41.7 Å². The fourth-order valence-corrected chi connectivity index (χ4v) is 4.90. The van der Waals surface area contributed by atoms with Crippen molar-refractivity contribution in [1.29, 1.82) is 0 Å². The molecule has 0 aliphatic rings. The highest BCUT2D eigenvalue weighted by molar-refractivity contribution is 5.72. The van der Waals surface area contributed by atoms with E-state index < -0.39 is 0 Å². The van der Waals surface area contributed by atoms with Gasteiger partial charge in [0.1, 0.15) is 23.0 Å². The SMILES string of the molecule is Oc1cccc(Nc2nc(Nc3cccc(O)c3)nc(N(c3ccccc3)c3nc(Nc4cccc(O)c4)nc(Nc4cccc(O)c4)n3)n2)c1. The number of phenols is 4. The molecule has 0 radical (unpaired) electrons. The zero-order valence-electron chi connectivity index (χ0n) is 26.5. The van der Waals surface area contributed by atoms with E-state index in [-0.39, 0.29) is 58.7 Å². The number of rotatable bonds is 11. The minimum Gasteiger partial charge on any atom is -0.508 e. The van der Waals surface area contributed by atoms with Gasteiger partial charge in [-0.2, -0.15) is 29.9 Å². The zero-order chi connectivity index (χ0) is 35.2. The van der Waals surface area contributed by atoms with Crippen molar-refractivity contribution in [2.45, 2.75) is 0 Å². The molecule has 5 aromatic carbocycles. The molecule has 0 aliphatic carbocycles. The number of nitrogens with one attached hydrogen (secondary N) is 4. The van der Waals surface area contributed by atoms with E-state index in [2.05, 4.69) is 31.2 Å². The van der Waals surface area contributed by atoms with Crippen molar-refractivity contribution in [1.82, 2.24) is 29.9 Å². The van der Waals surface area contributed by atoms with Crippen LogP contribution in [0.1, 0.15) is 0 Å². The lowest BCUT2D eigenvalue weighted by Gasteiger charge is -2.23. The summed E-state index contributed by atoms with van der Waals surface area (Å²) in [5, 5.41) is 52.9. The molecule has 0 spiro atoms. The number of aromatic nitrogens is 6. The summed E-state index contributed by atoms with van der Waals surface area (Å²) in [6, 6.07) is 35.1. The highest BCUT2D eigenvalue weighted by Gasteiger charge is 2.23. The van der Waals surface area contributed by atoms with Gasteiger partial charge in [-0.1, -0.05) is 42.5 Å². The molecule has 0 amide bonds. The second-order valence-corrected chi connectivity index (χ2v) is 10.9. The molecule has 0 atom stereocenters. The average Bonchev–Trinajstić information content (AvgIpc) is 3.09. The van der Waals surface area contributed by atoms with E-state index in [9.17, 15) is 20.4 Å². The topological polar surface area (TPSA) is 210 Å². The summed E-state index contributed by atoms with van der Waals surface area (Å²) in [4.78, 5) is 29.6. The molecular formula is C36H29N11O4. The van der Waals surface area contributed by atoms with Crippen LogP contribution in [0.15, 0.2) is 127 Å². The fraction of sp³-hybridized carbons (Fsp3) is 0. The van der Waals surface area contributed by atoms with Crippen LogP contribution < -0.4 is 26.2 Å². The number of anilines is 11. The minimum atomic E-state index is 0.0435. The summed E-state index contributed by atoms with van der Waals surface area (Å²) < 4.78 is 0. The van der Waals surface area contributed by atoms with Crippen LogP contribution in [-0.2, 0) is 0 Å². The van der Waals surface area contributed by atoms with Crippen LogP contribution in [0.25, 0.3) is 0 Å². The molecule has 51 heavy (non-hydrogen) atoms. The van der Waals surface area contributed by atoms with Gasteiger partial charge >= 0.3 is 0 Å². The number of hydrogen-bond donors (Lipinski definition) is 8. The minimum absolute atomic E-state index is 0.0435. The summed E-state index contributed by atoms with van der Waals surface area (Å²) in [7, 11) is 0. The van der Waals surface area contributed by atoms with Crippen molar-refractivity contribution in [3.8, 4) is 23.0 Å². The summed E-state index contributed by atoms with van der Waals surface area (Å²) in [5.41, 5.74) is 2.62. The monoisotopic (exact) mass is 679 g/mol. The standard InChI is InChI=1S/C36H29N11O4/c48-27-14-4-8-22(18-27)37-31-41-32(38-23-9-5-15-28(49)19-23)44-35(43-31)47(26-12-2-1-3-13-26)36-45-33(39-24-10-6-16-29(50)20-24)42-34(46-36)40-25-11-7-17-30(51)21-25/h1-21,48-51H,(H2,37,38,41,43,44)(H2,39,40,42,45,46). The van der Waals surface area contributed by atoms with Crippen molar-refractivity contribution in [3.63, 3.8) is 0 Å². The van der Waals surface area contributed by atoms with Crippen molar-refractivity contribution in [2.24, 2.45) is 0 Å². The smallest absolute Gasteiger partial charge is 0.243 e. The number of hydrogen-bond acceptors (Lipinski definition) is 15. The first kappa shape index (κ1) is 31.9. The highest BCUT2D eigenvalue weighted by Crippen LogP contribution is 2.34. The average molecular weight is 680 g/mol. The molecule has 2 aromatic heterocycles. The zero-order valence-corrected chi connectivity index (χ0v) is 26.5. The normalized spacial score (nSPS) is 10.7. The Hall–Kier alpha value is -7.68. The van der Waals surface area contributed by atoms with Gasteiger partial charge in [0.15, 0.2) is 0 Å². The molecule has 0 fully saturated rings. The first-order valence-corrected chi connectivity index (χ1v) is 15.4. The van der Waals surface area contributed by atoms with E-state index in [4.69, 9.17) is 19.9 Å². The van der Waals surface area contributed by atoms with Crippen LogP contribution >= 0.6 is 0 Å². The van der Waals surface area contributed by atoms with Crippen LogP contribution in [0.3, 0.4) is 0 Å². The Morgan fingerprint density at radius 3 is 0.961 bits per heavy atom. The molecule has 0 saturated heterocycles. The van der Waals surface area contributed by atoms with Crippen LogP contribution in [0.2, 0.25) is 0 Å². The second kappa shape index (κ2) is 14.2. The Labute approximate surface area is 290 Å². The van der Waals surface area contributed by atoms with Crippen LogP contribution in [0, 0.1) is 0 Å². The maximum atomic E-state index is 10.1. The highest BCUT2D eigenvalue weighted by atomic mass is 16.3. The van der Waals surface area contributed by atoms with E-state index in [1.807, 2.05) is 30.3 Å². The third kappa shape index (κ3) is 8.07. The number of nitrogens with zero attached hydrogens (tertiary/aromatic N) is 7. The predicted molar refractivity (Wildman–Crippen MR) is 193 cm³/mol. The second-order valence-electron chi connectivity index (χ2n) is 10.9. The third-order valence-electron chi connectivity index (χ3n) is 7.07. The van der Waals surface area contributed by atoms with Crippen molar-refractivity contribution in [2.75, 3.05) is 26.2 Å². The molecule has 252 valence electrons. The molecule has 0 saturated carbocycles. The van der Waals surface area contributed by atoms with E-state index in [0.717, 1.165) is 0 Å². The van der Waals surface area contributed by atoms with Crippen molar-refractivity contribution >= 4 is 64.1 Å². The molecule has 15 nitrogen and oxygen atoms in total. The predicted octanol–water partition coefficient (Wildman–Crippen LogP) is 7.32. The molecule has 8 N–H and O–H groups in total. The first-order valence-electron chi connectivity index (χ1n) is 15.4. The van der Waals surface area contributed by atoms with Gasteiger partial charge in [-0.15, -0.1) is 0 Å². The molecule has 7 rings (SSSR count). The van der Waals surface area contributed by atoms with Gasteiger partial charge in [0.05, 0.1) is 5.69 Å². The summed E-state index contributed by atoms with van der Waals surface area (Å²) in [6.07, 6.45) is 0. The Bertz CT molecular complexity index is 2040. The van der Waals surface area contributed by atoms with Crippen LogP contribution in [0.5, 0.6) is 23.0 Å². The number of para-hydroxylation sites is 1. The molecule has 15 heteroatoms. The largest absolute Gasteiger partial charge is 0.508 e. The van der Waals surface area contributed by atoms with Gasteiger partial charge in [0, 0.05) is 47.0 Å². The van der Waals surface area contributed by atoms with E-state index >= 15 is 0 Å². The van der Waals surface area contributed by atoms with Crippen LogP contribution in [-0.4, -0.2) is 50.3 Å². The maximum Gasteiger partial charge on any atom is 0.243 e. The van der Waals surface area contributed by atoms with Crippen molar-refractivity contribution in [3.05, 3.63) is 127 Å². The van der Waals surface area contributed by atoms with Gasteiger partial charge in [-0.3, -0.25) is 0 Å². The Morgan fingerprint density at radius 1 is 0.353 bits per heavy atom. The fourth-order valence-electron chi connectivity index (χ4n) is 4.90. The first-order chi connectivity index (χ1) is 24.8. The third-order valence-corrected chi connectivity index (χ3v) is 7.07. The summed E-state index contributed by atoms with van der Waals surface area (Å²) in [5.74, 6) is 0.782. The maximum absolute atomic E-state index is 10.1. The summed E-state index contributed by atoms with van der Waals surface area (Å²) in [6.45, 7) is 0. The number of phenolic OH excluding ortho intramolecular Hbond substituents is 4. The Balaban J connectivity index is 1.38. The molecule has 0 aliphatic heterocycles. The van der Waals surface area contributed by atoms with E-state index in [0.29, 0.717) is 28.4 Å². The van der Waals surface area contributed by atoms with Gasteiger partial charge in [-0.25, -0.2) is 4.90 Å². The summed E-state index contributed by atoms with van der Waals surface area (Å²) >= 11 is 0. The molecular weight excluding hydrogens is 650 g/mol. The number of aromatic hydroxyl groups is 4. The molecule has 2 heterocycles. The van der Waals surface area contributed by atoms with E-state index in [1.54, 1.807) is 77.7 Å². The lowest BCUT2D eigenvalue weighted by Crippen LogP contribution is -2.19. The van der Waals surface area contributed by atoms with Crippen LogP contribution in [0.4, 0.5) is 64.1 Å². The lowest BCUT2D eigenvalue weighted by molar-refractivity contribution is 0.475. The Kier molecular flexibility index (Phi) is 8.88. The quantitative estimate of drug-likeness (QED) is 0.0673. The van der Waals surface area contributed by atoms with Gasteiger partial charge in [-0.05, 0) is 60.7 Å². The molecule has 0 bridgehead atoms. The van der Waals surface area contributed by atoms with Gasteiger partial charge in [0.25, 0.3) is 0 Å².